The Labute approximate surface area is 176 Å². The van der Waals surface area contributed by atoms with Gasteiger partial charge in [0.1, 0.15) is 0 Å². The minimum Gasteiger partial charge on any atom is -0.274 e. The number of hydrogen-bond donors (Lipinski definition) is 0. The van der Waals surface area contributed by atoms with E-state index >= 15 is 0 Å². The molecule has 0 aromatic heterocycles. The van der Waals surface area contributed by atoms with Crippen molar-refractivity contribution in [2.24, 2.45) is 11.8 Å². The lowest BCUT2D eigenvalue weighted by molar-refractivity contribution is -0.123. The molecule has 0 unspecified atom stereocenters. The fraction of sp³-hybridized carbons (Fsp3) is 0.259. The van der Waals surface area contributed by atoms with E-state index in [1.54, 1.807) is 0 Å². The Balaban J connectivity index is 1.62. The molecule has 0 saturated carbocycles. The highest BCUT2D eigenvalue weighted by molar-refractivity contribution is 6.24. The molecule has 2 amide bonds. The molecule has 1 heterocycles. The molecule has 3 aliphatic carbocycles. The zero-order chi connectivity index (χ0) is 20.8. The van der Waals surface area contributed by atoms with Gasteiger partial charge in [-0.2, -0.15) is 0 Å². The molecule has 30 heavy (non-hydrogen) atoms. The average Bonchev–Trinajstić information content (AvgIpc) is 3.01. The van der Waals surface area contributed by atoms with Crippen molar-refractivity contribution in [1.82, 2.24) is 0 Å². The maximum atomic E-state index is 13.9. The van der Waals surface area contributed by atoms with Crippen LogP contribution in [0.4, 0.5) is 5.69 Å². The number of carbonyl (C=O) groups excluding carboxylic acids is 2. The summed E-state index contributed by atoms with van der Waals surface area (Å²) in [7, 11) is 0. The molecule has 3 aromatic carbocycles. The van der Waals surface area contributed by atoms with Gasteiger partial charge in [0, 0.05) is 11.3 Å². The topological polar surface area (TPSA) is 37.4 Å². The fourth-order valence-electron chi connectivity index (χ4n) is 6.44. The maximum Gasteiger partial charge on any atom is 0.238 e. The van der Waals surface area contributed by atoms with Crippen molar-refractivity contribution in [2.75, 3.05) is 4.90 Å². The SMILES string of the molecule is Cc1ccc(N2C(=O)[C@@H]3C4c5ccccc5C(C)(c5ccccc54)[C@H]3C2=O)c(C)c1. The quantitative estimate of drug-likeness (QED) is 0.553. The number of aryl methyl sites for hydroxylation is 2. The van der Waals surface area contributed by atoms with Gasteiger partial charge in [0.2, 0.25) is 11.8 Å². The van der Waals surface area contributed by atoms with Crippen molar-refractivity contribution in [3.63, 3.8) is 0 Å². The Hall–Kier alpha value is -3.20. The average molecular weight is 393 g/mol. The Kier molecular flexibility index (Phi) is 3.35. The highest BCUT2D eigenvalue weighted by atomic mass is 16.2. The van der Waals surface area contributed by atoms with Crippen molar-refractivity contribution in [1.29, 1.82) is 0 Å². The van der Waals surface area contributed by atoms with Gasteiger partial charge in [-0.05, 0) is 47.7 Å². The van der Waals surface area contributed by atoms with E-state index in [0.717, 1.165) is 16.8 Å². The van der Waals surface area contributed by atoms with Crippen LogP contribution in [0.15, 0.2) is 66.7 Å². The highest BCUT2D eigenvalue weighted by Gasteiger charge is 2.66. The summed E-state index contributed by atoms with van der Waals surface area (Å²) in [6.07, 6.45) is 0. The summed E-state index contributed by atoms with van der Waals surface area (Å²) >= 11 is 0. The molecule has 2 bridgehead atoms. The number of imide groups is 1. The molecule has 3 heteroatoms. The molecule has 2 atom stereocenters. The van der Waals surface area contributed by atoms with Gasteiger partial charge in [-0.1, -0.05) is 73.2 Å². The van der Waals surface area contributed by atoms with Gasteiger partial charge in [0.15, 0.2) is 0 Å². The first-order valence-corrected chi connectivity index (χ1v) is 10.6. The minimum absolute atomic E-state index is 0.0582. The molecule has 148 valence electrons. The van der Waals surface area contributed by atoms with E-state index in [4.69, 9.17) is 0 Å². The van der Waals surface area contributed by atoms with E-state index in [0.29, 0.717) is 0 Å². The van der Waals surface area contributed by atoms with Gasteiger partial charge < -0.3 is 0 Å². The van der Waals surface area contributed by atoms with Crippen LogP contribution in [-0.2, 0) is 15.0 Å². The standard InChI is InChI=1S/C27H23NO2/c1-15-12-13-21(16(2)14-15)28-25(29)23-22-17-8-4-6-10-19(17)27(3,24(23)26(28)30)20-11-7-5-9-18(20)22/h4-14,22-24H,1-3H3/t22?,23-,24-,27?/m1/s1. The smallest absolute Gasteiger partial charge is 0.238 e. The number of hydrogen-bond acceptors (Lipinski definition) is 2. The zero-order valence-electron chi connectivity index (χ0n) is 17.3. The number of carbonyl (C=O) groups is 2. The molecule has 1 aliphatic heterocycles. The number of benzene rings is 3. The Morgan fingerprint density at radius 3 is 2.00 bits per heavy atom. The minimum atomic E-state index is -0.507. The number of amides is 2. The lowest BCUT2D eigenvalue weighted by atomic mass is 9.48. The summed E-state index contributed by atoms with van der Waals surface area (Å²) in [5, 5.41) is 0. The van der Waals surface area contributed by atoms with E-state index < -0.39 is 5.41 Å². The summed E-state index contributed by atoms with van der Waals surface area (Å²) in [6, 6.07) is 22.7. The molecule has 3 nitrogen and oxygen atoms in total. The summed E-state index contributed by atoms with van der Waals surface area (Å²) < 4.78 is 0. The lowest BCUT2D eigenvalue weighted by Gasteiger charge is -2.52. The fourth-order valence-corrected chi connectivity index (χ4v) is 6.44. The third-order valence-corrected chi connectivity index (χ3v) is 7.64. The predicted molar refractivity (Wildman–Crippen MR) is 117 cm³/mol. The molecule has 4 aliphatic rings. The van der Waals surface area contributed by atoms with E-state index in [9.17, 15) is 9.59 Å². The zero-order valence-corrected chi connectivity index (χ0v) is 17.3. The molecular weight excluding hydrogens is 370 g/mol. The van der Waals surface area contributed by atoms with E-state index in [-0.39, 0.29) is 29.6 Å². The number of anilines is 1. The van der Waals surface area contributed by atoms with Crippen LogP contribution in [0.1, 0.15) is 46.2 Å². The molecule has 3 aromatic rings. The normalized spacial score (nSPS) is 28.4. The van der Waals surface area contributed by atoms with E-state index in [2.05, 4.69) is 31.2 Å². The second kappa shape index (κ2) is 5.69. The van der Waals surface area contributed by atoms with Gasteiger partial charge in [-0.25, -0.2) is 4.90 Å². The second-order valence-corrected chi connectivity index (χ2v) is 9.16. The second-order valence-electron chi connectivity index (χ2n) is 9.16. The van der Waals surface area contributed by atoms with Crippen LogP contribution in [0.3, 0.4) is 0 Å². The van der Waals surface area contributed by atoms with Crippen molar-refractivity contribution < 1.29 is 9.59 Å². The Bertz CT molecular complexity index is 1210. The maximum absolute atomic E-state index is 13.9. The number of rotatable bonds is 1. The van der Waals surface area contributed by atoms with Crippen LogP contribution in [0.25, 0.3) is 0 Å². The van der Waals surface area contributed by atoms with Gasteiger partial charge in [-0.3, -0.25) is 9.59 Å². The molecule has 1 saturated heterocycles. The van der Waals surface area contributed by atoms with Crippen molar-refractivity contribution in [3.05, 3.63) is 100 Å². The van der Waals surface area contributed by atoms with E-state index in [1.165, 1.54) is 27.2 Å². The summed E-state index contributed by atoms with van der Waals surface area (Å²) in [5.74, 6) is -0.921. The molecular formula is C27H23NO2. The first-order chi connectivity index (χ1) is 14.4. The van der Waals surface area contributed by atoms with Crippen molar-refractivity contribution in [2.45, 2.75) is 32.1 Å². The van der Waals surface area contributed by atoms with Crippen LogP contribution in [-0.4, -0.2) is 11.8 Å². The largest absolute Gasteiger partial charge is 0.274 e. The first kappa shape index (κ1) is 17.6. The van der Waals surface area contributed by atoms with Gasteiger partial charge >= 0.3 is 0 Å². The molecule has 0 spiro atoms. The molecule has 0 N–H and O–H groups in total. The van der Waals surface area contributed by atoms with Crippen LogP contribution < -0.4 is 4.90 Å². The Morgan fingerprint density at radius 2 is 1.40 bits per heavy atom. The third-order valence-electron chi connectivity index (χ3n) is 7.64. The molecule has 7 rings (SSSR count). The van der Waals surface area contributed by atoms with Crippen molar-refractivity contribution in [3.8, 4) is 0 Å². The first-order valence-electron chi connectivity index (χ1n) is 10.6. The summed E-state index contributed by atoms with van der Waals surface area (Å²) in [4.78, 5) is 29.2. The Morgan fingerprint density at radius 1 is 0.800 bits per heavy atom. The number of nitrogens with zero attached hydrogens (tertiary/aromatic N) is 1. The van der Waals surface area contributed by atoms with E-state index in [1.807, 2.05) is 56.3 Å². The summed E-state index contributed by atoms with van der Waals surface area (Å²) in [5.41, 5.74) is 7.08. The molecule has 1 fully saturated rings. The molecule has 0 radical (unpaired) electrons. The monoisotopic (exact) mass is 393 g/mol. The van der Waals surface area contributed by atoms with Gasteiger partial charge in [0.05, 0.1) is 17.5 Å². The van der Waals surface area contributed by atoms with Crippen molar-refractivity contribution >= 4 is 17.5 Å². The predicted octanol–water partition coefficient (Wildman–Crippen LogP) is 4.87. The van der Waals surface area contributed by atoms with Gasteiger partial charge in [0.25, 0.3) is 0 Å². The summed E-state index contributed by atoms with van der Waals surface area (Å²) in [6.45, 7) is 6.16. The van der Waals surface area contributed by atoms with Crippen LogP contribution >= 0.6 is 0 Å². The third kappa shape index (κ3) is 1.91. The highest BCUT2D eigenvalue weighted by Crippen LogP contribution is 2.64. The lowest BCUT2D eigenvalue weighted by Crippen LogP contribution is -2.51. The van der Waals surface area contributed by atoms with Crippen LogP contribution in [0.5, 0.6) is 0 Å². The van der Waals surface area contributed by atoms with Crippen LogP contribution in [0.2, 0.25) is 0 Å². The van der Waals surface area contributed by atoms with Crippen LogP contribution in [0, 0.1) is 25.7 Å². The van der Waals surface area contributed by atoms with Gasteiger partial charge in [-0.15, -0.1) is 0 Å².